The Bertz CT molecular complexity index is 503. The predicted octanol–water partition coefficient (Wildman–Crippen LogP) is -0.218. The molecule has 2 aromatic rings. The molecule has 0 amide bonds. The van der Waals surface area contributed by atoms with Crippen molar-refractivity contribution in [2.75, 3.05) is 11.9 Å². The van der Waals surface area contributed by atoms with E-state index in [-0.39, 0.29) is 5.56 Å². The van der Waals surface area contributed by atoms with Gasteiger partial charge in [-0.05, 0) is 6.92 Å². The van der Waals surface area contributed by atoms with Gasteiger partial charge < -0.3 is 10.3 Å². The van der Waals surface area contributed by atoms with Gasteiger partial charge in [-0.2, -0.15) is 0 Å². The van der Waals surface area contributed by atoms with Crippen molar-refractivity contribution >= 4 is 5.82 Å². The van der Waals surface area contributed by atoms with Crippen molar-refractivity contribution in [2.24, 2.45) is 0 Å². The van der Waals surface area contributed by atoms with Gasteiger partial charge in [0.1, 0.15) is 11.6 Å². The van der Waals surface area contributed by atoms with Crippen molar-refractivity contribution in [2.45, 2.75) is 13.5 Å². The molecule has 0 aromatic carbocycles. The van der Waals surface area contributed by atoms with E-state index < -0.39 is 0 Å². The van der Waals surface area contributed by atoms with E-state index >= 15 is 0 Å². The maximum atomic E-state index is 11.1. The summed E-state index contributed by atoms with van der Waals surface area (Å²) in [4.78, 5) is 17.9. The lowest BCUT2D eigenvalue weighted by Gasteiger charge is -2.05. The van der Waals surface area contributed by atoms with Crippen LogP contribution in [0.15, 0.2) is 23.3 Å². The quantitative estimate of drug-likeness (QED) is 0.743. The highest BCUT2D eigenvalue weighted by molar-refractivity contribution is 5.32. The molecule has 84 valence electrons. The second kappa shape index (κ2) is 4.56. The van der Waals surface area contributed by atoms with Crippen molar-refractivity contribution in [3.63, 3.8) is 0 Å². The molecule has 2 N–H and O–H groups in total. The topological polar surface area (TPSA) is 88.5 Å². The summed E-state index contributed by atoms with van der Waals surface area (Å²) in [5, 5.41) is 10.6. The number of aromatic nitrogens is 5. The van der Waals surface area contributed by atoms with E-state index in [1.165, 1.54) is 6.07 Å². The Hall–Kier alpha value is -2.18. The van der Waals surface area contributed by atoms with Gasteiger partial charge in [-0.15, -0.1) is 5.10 Å². The van der Waals surface area contributed by atoms with Gasteiger partial charge in [-0.3, -0.25) is 9.48 Å². The number of hydrogen-bond donors (Lipinski definition) is 2. The fourth-order valence-corrected chi connectivity index (χ4v) is 1.32. The number of anilines is 1. The van der Waals surface area contributed by atoms with Crippen LogP contribution >= 0.6 is 0 Å². The maximum absolute atomic E-state index is 11.1. The van der Waals surface area contributed by atoms with Crippen LogP contribution in [0.25, 0.3) is 0 Å². The number of rotatable bonds is 4. The van der Waals surface area contributed by atoms with Gasteiger partial charge in [0.05, 0.1) is 12.7 Å². The van der Waals surface area contributed by atoms with E-state index in [9.17, 15) is 4.79 Å². The standard InChI is InChI=1S/C9H12N6O/c1-7-12-8(6-9(16)13-7)10-2-4-15-5-3-11-14-15/h3,5-6H,2,4H2,1H3,(H2,10,12,13,16). The van der Waals surface area contributed by atoms with Crippen molar-refractivity contribution < 1.29 is 0 Å². The first-order chi connectivity index (χ1) is 7.74. The SMILES string of the molecule is Cc1nc(NCCn2ccnn2)cc(=O)[nH]1. The molecule has 7 heteroatoms. The monoisotopic (exact) mass is 220 g/mol. The molecule has 0 radical (unpaired) electrons. The van der Waals surface area contributed by atoms with E-state index in [0.717, 1.165) is 0 Å². The third kappa shape index (κ3) is 2.66. The van der Waals surface area contributed by atoms with E-state index in [2.05, 4.69) is 25.6 Å². The normalized spacial score (nSPS) is 10.3. The van der Waals surface area contributed by atoms with E-state index in [0.29, 0.717) is 24.7 Å². The highest BCUT2D eigenvalue weighted by atomic mass is 16.1. The molecule has 0 aliphatic heterocycles. The van der Waals surface area contributed by atoms with Gasteiger partial charge in [0.15, 0.2) is 0 Å². The molecule has 2 rings (SSSR count). The molecule has 2 aromatic heterocycles. The van der Waals surface area contributed by atoms with Crippen LogP contribution in [0.4, 0.5) is 5.82 Å². The summed E-state index contributed by atoms with van der Waals surface area (Å²) in [6.07, 6.45) is 3.40. The molecule has 0 unspecified atom stereocenters. The first-order valence-electron chi connectivity index (χ1n) is 4.90. The molecular weight excluding hydrogens is 208 g/mol. The number of aromatic amines is 1. The number of hydrogen-bond acceptors (Lipinski definition) is 5. The van der Waals surface area contributed by atoms with E-state index in [1.54, 1.807) is 24.0 Å². The second-order valence-corrected chi connectivity index (χ2v) is 3.31. The van der Waals surface area contributed by atoms with Crippen LogP contribution in [0, 0.1) is 6.92 Å². The van der Waals surface area contributed by atoms with Gasteiger partial charge in [-0.1, -0.05) is 5.21 Å². The summed E-state index contributed by atoms with van der Waals surface area (Å²) in [6.45, 7) is 3.05. The van der Waals surface area contributed by atoms with Crippen LogP contribution in [0.1, 0.15) is 5.82 Å². The van der Waals surface area contributed by atoms with Crippen LogP contribution in [-0.4, -0.2) is 31.5 Å². The first kappa shape index (κ1) is 10.3. The Labute approximate surface area is 91.5 Å². The molecule has 0 saturated carbocycles. The Kier molecular flexibility index (Phi) is 2.95. The summed E-state index contributed by atoms with van der Waals surface area (Å²) >= 11 is 0. The molecular formula is C9H12N6O. The minimum Gasteiger partial charge on any atom is -0.368 e. The summed E-state index contributed by atoms with van der Waals surface area (Å²) in [7, 11) is 0. The van der Waals surface area contributed by atoms with Gasteiger partial charge in [0.2, 0.25) is 0 Å². The van der Waals surface area contributed by atoms with Crippen LogP contribution in [0.5, 0.6) is 0 Å². The van der Waals surface area contributed by atoms with Gasteiger partial charge in [0, 0.05) is 18.8 Å². The molecule has 7 nitrogen and oxygen atoms in total. The summed E-state index contributed by atoms with van der Waals surface area (Å²) in [5.41, 5.74) is -0.157. The van der Waals surface area contributed by atoms with E-state index in [4.69, 9.17) is 0 Å². The highest BCUT2D eigenvalue weighted by Gasteiger charge is 1.97. The number of nitrogens with zero attached hydrogens (tertiary/aromatic N) is 4. The molecule has 0 atom stereocenters. The fraction of sp³-hybridized carbons (Fsp3) is 0.333. The molecule has 0 fully saturated rings. The average molecular weight is 220 g/mol. The minimum atomic E-state index is -0.157. The lowest BCUT2D eigenvalue weighted by molar-refractivity contribution is 0.608. The molecule has 16 heavy (non-hydrogen) atoms. The highest BCUT2D eigenvalue weighted by Crippen LogP contribution is 1.97. The Morgan fingerprint density at radius 2 is 2.44 bits per heavy atom. The summed E-state index contributed by atoms with van der Waals surface area (Å²) in [6, 6.07) is 1.42. The van der Waals surface area contributed by atoms with E-state index in [1.807, 2.05) is 0 Å². The zero-order valence-electron chi connectivity index (χ0n) is 8.84. The zero-order valence-corrected chi connectivity index (χ0v) is 8.84. The predicted molar refractivity (Wildman–Crippen MR) is 58.1 cm³/mol. The lowest BCUT2D eigenvalue weighted by Crippen LogP contribution is -2.15. The minimum absolute atomic E-state index is 0.157. The van der Waals surface area contributed by atoms with Crippen LogP contribution in [0.2, 0.25) is 0 Å². The summed E-state index contributed by atoms with van der Waals surface area (Å²) in [5.74, 6) is 1.16. The van der Waals surface area contributed by atoms with Crippen molar-refractivity contribution in [3.05, 3.63) is 34.6 Å². The molecule has 2 heterocycles. The van der Waals surface area contributed by atoms with Gasteiger partial charge in [0.25, 0.3) is 5.56 Å². The molecule has 0 aliphatic rings. The van der Waals surface area contributed by atoms with Gasteiger partial charge >= 0.3 is 0 Å². The molecule has 0 saturated heterocycles. The van der Waals surface area contributed by atoms with Crippen LogP contribution < -0.4 is 10.9 Å². The first-order valence-corrected chi connectivity index (χ1v) is 4.90. The average Bonchev–Trinajstić information content (AvgIpc) is 2.69. The zero-order chi connectivity index (χ0) is 11.4. The van der Waals surface area contributed by atoms with Crippen LogP contribution in [-0.2, 0) is 6.54 Å². The van der Waals surface area contributed by atoms with Crippen molar-refractivity contribution in [3.8, 4) is 0 Å². The van der Waals surface area contributed by atoms with Gasteiger partial charge in [-0.25, -0.2) is 4.98 Å². The summed E-state index contributed by atoms with van der Waals surface area (Å²) < 4.78 is 1.70. The molecule has 0 aliphatic carbocycles. The fourth-order valence-electron chi connectivity index (χ4n) is 1.32. The largest absolute Gasteiger partial charge is 0.368 e. The smallest absolute Gasteiger partial charge is 0.252 e. The third-order valence-electron chi connectivity index (χ3n) is 1.98. The maximum Gasteiger partial charge on any atom is 0.252 e. The lowest BCUT2D eigenvalue weighted by atomic mass is 10.5. The number of H-pyrrole nitrogens is 1. The third-order valence-corrected chi connectivity index (χ3v) is 1.98. The number of nitrogens with one attached hydrogen (secondary N) is 2. The Morgan fingerprint density at radius 3 is 3.12 bits per heavy atom. The Morgan fingerprint density at radius 1 is 1.56 bits per heavy atom. The van der Waals surface area contributed by atoms with Crippen LogP contribution in [0.3, 0.4) is 0 Å². The molecule has 0 bridgehead atoms. The van der Waals surface area contributed by atoms with Crippen molar-refractivity contribution in [1.29, 1.82) is 0 Å². The second-order valence-electron chi connectivity index (χ2n) is 3.31. The Balaban J connectivity index is 1.92. The van der Waals surface area contributed by atoms with Crippen molar-refractivity contribution in [1.82, 2.24) is 25.0 Å². The molecule has 0 spiro atoms. The number of aryl methyl sites for hydroxylation is 1.